The Hall–Kier alpha value is -1.36. The molecule has 2 unspecified atom stereocenters. The molecule has 0 saturated carbocycles. The Labute approximate surface area is 112 Å². The lowest BCUT2D eigenvalue weighted by Gasteiger charge is -2.38. The first-order valence-corrected chi connectivity index (χ1v) is 6.69. The highest BCUT2D eigenvalue weighted by Crippen LogP contribution is 2.41. The monoisotopic (exact) mass is 261 g/mol. The van der Waals surface area contributed by atoms with Gasteiger partial charge >= 0.3 is 0 Å². The van der Waals surface area contributed by atoms with Crippen LogP contribution in [0.3, 0.4) is 0 Å². The van der Waals surface area contributed by atoms with Crippen LogP contribution in [0.1, 0.15) is 24.7 Å². The summed E-state index contributed by atoms with van der Waals surface area (Å²) in [5, 5.41) is 11.6. The summed E-state index contributed by atoms with van der Waals surface area (Å²) in [5.41, 5.74) is 6.26. The van der Waals surface area contributed by atoms with E-state index >= 15 is 0 Å². The minimum absolute atomic E-state index is 0.394. The largest absolute Gasteiger partial charge is 0.458 e. The first-order chi connectivity index (χ1) is 9.25. The summed E-state index contributed by atoms with van der Waals surface area (Å²) in [4.78, 5) is 0. The smallest absolute Gasteiger partial charge is 0.134 e. The molecule has 0 aliphatic carbocycles. The Kier molecular flexibility index (Phi) is 3.31. The number of ether oxygens (including phenoxy) is 1. The molecule has 1 aliphatic rings. The molecule has 2 aromatic rings. The van der Waals surface area contributed by atoms with Crippen LogP contribution in [0.25, 0.3) is 11.0 Å². The molecule has 4 heteroatoms. The summed E-state index contributed by atoms with van der Waals surface area (Å²) < 4.78 is 11.3. The standard InChI is InChI=1S/C15H19NO3/c16-9-15(6-3-7-18-10-15)14(17)13-8-11-4-1-2-5-12(11)19-13/h1-2,4-5,8,14,17H,3,6-7,9-10,16H2. The molecular weight excluding hydrogens is 242 g/mol. The number of hydrogen-bond donors (Lipinski definition) is 2. The Morgan fingerprint density at radius 1 is 1.37 bits per heavy atom. The second-order valence-electron chi connectivity index (χ2n) is 5.31. The van der Waals surface area contributed by atoms with E-state index in [1.54, 1.807) is 0 Å². The summed E-state index contributed by atoms with van der Waals surface area (Å²) in [5.74, 6) is 0.581. The lowest BCUT2D eigenvalue weighted by molar-refractivity contribution is -0.0847. The number of rotatable bonds is 3. The maximum atomic E-state index is 10.6. The molecule has 1 fully saturated rings. The third-order valence-electron chi connectivity index (χ3n) is 4.05. The number of benzene rings is 1. The predicted molar refractivity (Wildman–Crippen MR) is 72.7 cm³/mol. The molecule has 19 heavy (non-hydrogen) atoms. The van der Waals surface area contributed by atoms with Crippen molar-refractivity contribution < 1.29 is 14.3 Å². The average molecular weight is 261 g/mol. The number of aliphatic hydroxyl groups excluding tert-OH is 1. The third kappa shape index (κ3) is 2.16. The van der Waals surface area contributed by atoms with E-state index in [2.05, 4.69) is 0 Å². The quantitative estimate of drug-likeness (QED) is 0.889. The topological polar surface area (TPSA) is 68.6 Å². The van der Waals surface area contributed by atoms with Gasteiger partial charge in [0.05, 0.1) is 6.61 Å². The molecule has 3 rings (SSSR count). The molecule has 1 saturated heterocycles. The first-order valence-electron chi connectivity index (χ1n) is 6.69. The molecule has 4 nitrogen and oxygen atoms in total. The van der Waals surface area contributed by atoms with Crippen molar-refractivity contribution in [1.29, 1.82) is 0 Å². The molecule has 2 atom stereocenters. The van der Waals surface area contributed by atoms with Gasteiger partial charge in [0, 0.05) is 24.0 Å². The second kappa shape index (κ2) is 4.96. The third-order valence-corrected chi connectivity index (χ3v) is 4.05. The zero-order chi connectivity index (χ0) is 13.3. The molecule has 1 aromatic carbocycles. The van der Waals surface area contributed by atoms with Gasteiger partial charge in [-0.05, 0) is 25.0 Å². The van der Waals surface area contributed by atoms with Crippen LogP contribution in [-0.4, -0.2) is 24.9 Å². The zero-order valence-electron chi connectivity index (χ0n) is 10.8. The minimum atomic E-state index is -0.717. The van der Waals surface area contributed by atoms with Crippen molar-refractivity contribution in [3.05, 3.63) is 36.1 Å². The van der Waals surface area contributed by atoms with Gasteiger partial charge in [-0.15, -0.1) is 0 Å². The van der Waals surface area contributed by atoms with E-state index in [0.29, 0.717) is 18.9 Å². The van der Waals surface area contributed by atoms with Crippen molar-refractivity contribution in [2.45, 2.75) is 18.9 Å². The van der Waals surface area contributed by atoms with Crippen LogP contribution in [0.4, 0.5) is 0 Å². The van der Waals surface area contributed by atoms with E-state index in [1.807, 2.05) is 30.3 Å². The highest BCUT2D eigenvalue weighted by atomic mass is 16.5. The highest BCUT2D eigenvalue weighted by Gasteiger charge is 2.41. The summed E-state index contributed by atoms with van der Waals surface area (Å²) >= 11 is 0. The van der Waals surface area contributed by atoms with E-state index in [-0.39, 0.29) is 0 Å². The van der Waals surface area contributed by atoms with E-state index in [9.17, 15) is 5.11 Å². The van der Waals surface area contributed by atoms with Crippen LogP contribution in [0, 0.1) is 5.41 Å². The van der Waals surface area contributed by atoms with Crippen molar-refractivity contribution in [3.8, 4) is 0 Å². The first kappa shape index (κ1) is 12.7. The van der Waals surface area contributed by atoms with E-state index in [1.165, 1.54) is 0 Å². The number of fused-ring (bicyclic) bond motifs is 1. The van der Waals surface area contributed by atoms with Gasteiger partial charge in [0.25, 0.3) is 0 Å². The van der Waals surface area contributed by atoms with Crippen molar-refractivity contribution in [3.63, 3.8) is 0 Å². The Morgan fingerprint density at radius 2 is 2.21 bits per heavy atom. The van der Waals surface area contributed by atoms with Gasteiger partial charge in [-0.3, -0.25) is 0 Å². The van der Waals surface area contributed by atoms with E-state index in [0.717, 1.165) is 30.4 Å². The number of para-hydroxylation sites is 1. The molecule has 102 valence electrons. The van der Waals surface area contributed by atoms with Crippen molar-refractivity contribution in [1.82, 2.24) is 0 Å². The van der Waals surface area contributed by atoms with Crippen LogP contribution in [-0.2, 0) is 4.74 Å². The molecule has 2 heterocycles. The van der Waals surface area contributed by atoms with Gasteiger partial charge in [0.1, 0.15) is 17.4 Å². The minimum Gasteiger partial charge on any atom is -0.458 e. The fourth-order valence-corrected chi connectivity index (χ4v) is 2.80. The fourth-order valence-electron chi connectivity index (χ4n) is 2.80. The molecule has 1 aliphatic heterocycles. The molecule has 0 amide bonds. The lowest BCUT2D eigenvalue weighted by Crippen LogP contribution is -2.43. The molecule has 1 aromatic heterocycles. The Balaban J connectivity index is 1.95. The van der Waals surface area contributed by atoms with Crippen LogP contribution in [0.2, 0.25) is 0 Å². The lowest BCUT2D eigenvalue weighted by atomic mass is 9.76. The maximum Gasteiger partial charge on any atom is 0.134 e. The van der Waals surface area contributed by atoms with E-state index in [4.69, 9.17) is 14.9 Å². The second-order valence-corrected chi connectivity index (χ2v) is 5.31. The molecular formula is C15H19NO3. The fraction of sp³-hybridized carbons (Fsp3) is 0.467. The van der Waals surface area contributed by atoms with Crippen LogP contribution >= 0.6 is 0 Å². The Morgan fingerprint density at radius 3 is 2.89 bits per heavy atom. The summed E-state index contributed by atoms with van der Waals surface area (Å²) in [6.07, 6.45) is 1.07. The summed E-state index contributed by atoms with van der Waals surface area (Å²) in [7, 11) is 0. The Bertz CT molecular complexity index is 524. The maximum absolute atomic E-state index is 10.6. The van der Waals surface area contributed by atoms with Gasteiger partial charge in [-0.2, -0.15) is 0 Å². The van der Waals surface area contributed by atoms with Crippen molar-refractivity contribution in [2.75, 3.05) is 19.8 Å². The number of nitrogens with two attached hydrogens (primary N) is 1. The molecule has 0 radical (unpaired) electrons. The molecule has 0 bridgehead atoms. The van der Waals surface area contributed by atoms with E-state index < -0.39 is 11.5 Å². The zero-order valence-corrected chi connectivity index (χ0v) is 10.8. The molecule has 0 spiro atoms. The van der Waals surface area contributed by atoms with Crippen LogP contribution in [0.15, 0.2) is 34.7 Å². The normalized spacial score (nSPS) is 25.6. The van der Waals surface area contributed by atoms with Crippen LogP contribution < -0.4 is 5.73 Å². The van der Waals surface area contributed by atoms with Gasteiger partial charge in [0.15, 0.2) is 0 Å². The van der Waals surface area contributed by atoms with Crippen LogP contribution in [0.5, 0.6) is 0 Å². The summed E-state index contributed by atoms with van der Waals surface area (Å²) in [6.45, 7) is 1.63. The van der Waals surface area contributed by atoms with Gasteiger partial charge in [-0.25, -0.2) is 0 Å². The number of hydrogen-bond acceptors (Lipinski definition) is 4. The highest BCUT2D eigenvalue weighted by molar-refractivity contribution is 5.77. The summed E-state index contributed by atoms with van der Waals surface area (Å²) in [6, 6.07) is 9.65. The average Bonchev–Trinajstić information content (AvgIpc) is 2.91. The predicted octanol–water partition coefficient (Wildman–Crippen LogP) is 2.22. The van der Waals surface area contributed by atoms with Gasteiger partial charge in [0.2, 0.25) is 0 Å². The van der Waals surface area contributed by atoms with Crippen molar-refractivity contribution in [2.24, 2.45) is 11.1 Å². The number of furan rings is 1. The van der Waals surface area contributed by atoms with Gasteiger partial charge < -0.3 is 20.0 Å². The van der Waals surface area contributed by atoms with Crippen molar-refractivity contribution >= 4 is 11.0 Å². The number of aliphatic hydroxyl groups is 1. The van der Waals surface area contributed by atoms with Gasteiger partial charge in [-0.1, -0.05) is 18.2 Å². The SMILES string of the molecule is NCC1(C(O)c2cc3ccccc3o2)CCCOC1. The molecule has 3 N–H and O–H groups in total.